The molecule has 2 rings (SSSR count). The molecule has 0 aromatic carbocycles. The molecule has 86 valence electrons. The van der Waals surface area contributed by atoms with E-state index >= 15 is 0 Å². The van der Waals surface area contributed by atoms with Crippen molar-refractivity contribution in [1.82, 2.24) is 9.97 Å². The Balaban J connectivity index is 2.11. The minimum Gasteiger partial charge on any atom is -0.356 e. The fourth-order valence-corrected chi connectivity index (χ4v) is 1.34. The van der Waals surface area contributed by atoms with E-state index in [-0.39, 0.29) is 5.91 Å². The highest BCUT2D eigenvalue weighted by molar-refractivity contribution is 6.03. The zero-order chi connectivity index (χ0) is 12.3. The van der Waals surface area contributed by atoms with Crippen molar-refractivity contribution in [2.75, 3.05) is 5.32 Å². The number of rotatable bonds is 3. The third-order valence-corrected chi connectivity index (χ3v) is 2.24. The van der Waals surface area contributed by atoms with Gasteiger partial charge in [-0.2, -0.15) is 0 Å². The van der Waals surface area contributed by atoms with Gasteiger partial charge in [0, 0.05) is 18.0 Å². The molecule has 5 heteroatoms. The number of hydrogen-bond acceptors (Lipinski definition) is 3. The minimum absolute atomic E-state index is 0.325. The van der Waals surface area contributed by atoms with Gasteiger partial charge in [0.15, 0.2) is 6.29 Å². The van der Waals surface area contributed by atoms with Crippen LogP contribution in [0.1, 0.15) is 26.4 Å². The molecule has 0 bridgehead atoms. The predicted molar refractivity (Wildman–Crippen MR) is 63.1 cm³/mol. The normalized spacial score (nSPS) is 9.94. The standard InChI is InChI=1S/C12H11N3O2/c1-8-2-3-11(14-5-8)15-12(17)10-4-9(7-16)6-13-10/h2-7,13H,1H3,(H,14,15,17). The summed E-state index contributed by atoms with van der Waals surface area (Å²) in [5.41, 5.74) is 1.78. The van der Waals surface area contributed by atoms with Gasteiger partial charge in [0.25, 0.3) is 5.91 Å². The van der Waals surface area contributed by atoms with Crippen LogP contribution in [-0.4, -0.2) is 22.2 Å². The number of H-pyrrole nitrogens is 1. The number of nitrogens with one attached hydrogen (secondary N) is 2. The van der Waals surface area contributed by atoms with Crippen molar-refractivity contribution in [3.05, 3.63) is 47.4 Å². The zero-order valence-corrected chi connectivity index (χ0v) is 9.23. The van der Waals surface area contributed by atoms with Crippen LogP contribution in [0.3, 0.4) is 0 Å². The van der Waals surface area contributed by atoms with E-state index in [1.54, 1.807) is 12.3 Å². The van der Waals surface area contributed by atoms with Gasteiger partial charge in [0.05, 0.1) is 0 Å². The SMILES string of the molecule is Cc1ccc(NC(=O)c2cc(C=O)c[nH]2)nc1. The van der Waals surface area contributed by atoms with Crippen LogP contribution in [-0.2, 0) is 0 Å². The molecule has 0 spiro atoms. The number of aromatic amines is 1. The van der Waals surface area contributed by atoms with Crippen molar-refractivity contribution >= 4 is 18.0 Å². The van der Waals surface area contributed by atoms with Crippen molar-refractivity contribution in [3.63, 3.8) is 0 Å². The largest absolute Gasteiger partial charge is 0.356 e. The molecule has 0 saturated carbocycles. The molecule has 0 aliphatic rings. The van der Waals surface area contributed by atoms with E-state index < -0.39 is 0 Å². The maximum atomic E-state index is 11.7. The molecule has 2 aromatic rings. The first-order valence-corrected chi connectivity index (χ1v) is 5.06. The Morgan fingerprint density at radius 3 is 2.88 bits per heavy atom. The number of nitrogens with zero attached hydrogens (tertiary/aromatic N) is 1. The average Bonchev–Trinajstić information content (AvgIpc) is 2.81. The lowest BCUT2D eigenvalue weighted by atomic mass is 10.3. The summed E-state index contributed by atoms with van der Waals surface area (Å²) < 4.78 is 0. The molecule has 0 unspecified atom stereocenters. The van der Waals surface area contributed by atoms with Gasteiger partial charge in [-0.1, -0.05) is 6.07 Å². The lowest BCUT2D eigenvalue weighted by Gasteiger charge is -2.02. The number of carbonyl (C=O) groups is 2. The Morgan fingerprint density at radius 1 is 1.47 bits per heavy atom. The maximum Gasteiger partial charge on any atom is 0.273 e. The smallest absolute Gasteiger partial charge is 0.273 e. The summed E-state index contributed by atoms with van der Waals surface area (Å²) in [4.78, 5) is 29.0. The van der Waals surface area contributed by atoms with E-state index in [4.69, 9.17) is 0 Å². The van der Waals surface area contributed by atoms with Crippen LogP contribution in [0.15, 0.2) is 30.6 Å². The fourth-order valence-electron chi connectivity index (χ4n) is 1.34. The number of amides is 1. The third kappa shape index (κ3) is 2.57. The van der Waals surface area contributed by atoms with E-state index in [0.29, 0.717) is 23.4 Å². The molecule has 1 amide bonds. The van der Waals surface area contributed by atoms with Crippen molar-refractivity contribution in [3.8, 4) is 0 Å². The first kappa shape index (κ1) is 11.1. The summed E-state index contributed by atoms with van der Waals surface area (Å²) in [6.07, 6.45) is 3.82. The molecule has 5 nitrogen and oxygen atoms in total. The number of aryl methyl sites for hydroxylation is 1. The van der Waals surface area contributed by atoms with Gasteiger partial charge in [-0.3, -0.25) is 9.59 Å². The number of aldehydes is 1. The highest BCUT2D eigenvalue weighted by Crippen LogP contribution is 2.07. The number of anilines is 1. The molecule has 0 fully saturated rings. The quantitative estimate of drug-likeness (QED) is 0.788. The summed E-state index contributed by atoms with van der Waals surface area (Å²) in [5.74, 6) is 0.150. The van der Waals surface area contributed by atoms with Crippen molar-refractivity contribution in [2.45, 2.75) is 6.92 Å². The van der Waals surface area contributed by atoms with E-state index in [1.807, 2.05) is 13.0 Å². The zero-order valence-electron chi connectivity index (χ0n) is 9.23. The lowest BCUT2D eigenvalue weighted by Crippen LogP contribution is -2.13. The van der Waals surface area contributed by atoms with Crippen molar-refractivity contribution in [2.24, 2.45) is 0 Å². The van der Waals surface area contributed by atoms with E-state index in [2.05, 4.69) is 15.3 Å². The highest BCUT2D eigenvalue weighted by Gasteiger charge is 2.08. The number of aromatic nitrogens is 2. The molecule has 0 saturated heterocycles. The summed E-state index contributed by atoms with van der Waals surface area (Å²) in [7, 11) is 0. The second-order valence-corrected chi connectivity index (χ2v) is 3.64. The first-order valence-electron chi connectivity index (χ1n) is 5.06. The number of hydrogen-bond donors (Lipinski definition) is 2. The predicted octanol–water partition coefficient (Wildman–Crippen LogP) is 1.78. The van der Waals surface area contributed by atoms with Crippen LogP contribution in [0.5, 0.6) is 0 Å². The van der Waals surface area contributed by atoms with Gasteiger partial charge < -0.3 is 10.3 Å². The first-order chi connectivity index (χ1) is 8.19. The molecule has 0 atom stereocenters. The molecule has 0 aliphatic carbocycles. The van der Waals surface area contributed by atoms with E-state index in [0.717, 1.165) is 5.56 Å². The lowest BCUT2D eigenvalue weighted by molar-refractivity contribution is 0.102. The van der Waals surface area contributed by atoms with E-state index in [1.165, 1.54) is 12.3 Å². The second-order valence-electron chi connectivity index (χ2n) is 3.64. The van der Waals surface area contributed by atoms with Crippen LogP contribution in [0, 0.1) is 6.92 Å². The van der Waals surface area contributed by atoms with Gasteiger partial charge in [0.2, 0.25) is 0 Å². The summed E-state index contributed by atoms with van der Waals surface area (Å²) in [5, 5.41) is 2.63. The number of carbonyl (C=O) groups excluding carboxylic acids is 2. The van der Waals surface area contributed by atoms with Crippen LogP contribution in [0.25, 0.3) is 0 Å². The molecule has 0 radical (unpaired) electrons. The summed E-state index contributed by atoms with van der Waals surface area (Å²) >= 11 is 0. The van der Waals surface area contributed by atoms with Crippen LogP contribution in [0.4, 0.5) is 5.82 Å². The second kappa shape index (κ2) is 4.61. The summed E-state index contributed by atoms with van der Waals surface area (Å²) in [6, 6.07) is 5.06. The average molecular weight is 229 g/mol. The van der Waals surface area contributed by atoms with Crippen LogP contribution in [0.2, 0.25) is 0 Å². The topological polar surface area (TPSA) is 74.8 Å². The highest BCUT2D eigenvalue weighted by atomic mass is 16.2. The molecule has 17 heavy (non-hydrogen) atoms. The Bertz CT molecular complexity index is 543. The fraction of sp³-hybridized carbons (Fsp3) is 0.0833. The Hall–Kier alpha value is -2.43. The maximum absolute atomic E-state index is 11.7. The van der Waals surface area contributed by atoms with Gasteiger partial charge in [0.1, 0.15) is 11.5 Å². The third-order valence-electron chi connectivity index (χ3n) is 2.24. The van der Waals surface area contributed by atoms with Gasteiger partial charge >= 0.3 is 0 Å². The molecule has 0 aliphatic heterocycles. The Kier molecular flexibility index (Phi) is 3.00. The van der Waals surface area contributed by atoms with Crippen molar-refractivity contribution in [1.29, 1.82) is 0 Å². The Morgan fingerprint density at radius 2 is 2.29 bits per heavy atom. The minimum atomic E-state index is -0.325. The number of pyridine rings is 1. The van der Waals surface area contributed by atoms with Gasteiger partial charge in [-0.15, -0.1) is 0 Å². The van der Waals surface area contributed by atoms with E-state index in [9.17, 15) is 9.59 Å². The van der Waals surface area contributed by atoms with Crippen LogP contribution < -0.4 is 5.32 Å². The molecular weight excluding hydrogens is 218 g/mol. The van der Waals surface area contributed by atoms with Crippen LogP contribution >= 0.6 is 0 Å². The Labute approximate surface area is 97.9 Å². The molecule has 2 N–H and O–H groups in total. The summed E-state index contributed by atoms with van der Waals surface area (Å²) in [6.45, 7) is 1.92. The van der Waals surface area contributed by atoms with Gasteiger partial charge in [-0.25, -0.2) is 4.98 Å². The molecular formula is C12H11N3O2. The monoisotopic (exact) mass is 229 g/mol. The molecule has 2 aromatic heterocycles. The molecule has 2 heterocycles. The van der Waals surface area contributed by atoms with Crippen molar-refractivity contribution < 1.29 is 9.59 Å². The van der Waals surface area contributed by atoms with Gasteiger partial charge in [-0.05, 0) is 24.6 Å².